The van der Waals surface area contributed by atoms with E-state index in [2.05, 4.69) is 15.4 Å². The first-order chi connectivity index (χ1) is 20.1. The van der Waals surface area contributed by atoms with Crippen LogP contribution >= 0.6 is 11.6 Å². The van der Waals surface area contributed by atoms with Crippen molar-refractivity contribution in [2.45, 2.75) is 46.6 Å². The van der Waals surface area contributed by atoms with Gasteiger partial charge in [0.15, 0.2) is 5.82 Å². The standard InChI is InChI=1S/C30H39ClN6O5/c1-6-40-29(39)36-11-9-30(10-12-36)16-37(17-30)28-18(2)26(25-19(3)35-42-20(25)4)33-27(34-28)23-13-22(7-8-24(23)31)41-15-21(38)14-32-5/h7-8,13,21,32,38H,6,9-12,14-17H2,1-5H3. The van der Waals surface area contributed by atoms with E-state index in [-0.39, 0.29) is 18.1 Å². The van der Waals surface area contributed by atoms with Crippen LogP contribution in [0.2, 0.25) is 5.02 Å². The Morgan fingerprint density at radius 1 is 1.21 bits per heavy atom. The number of anilines is 1. The summed E-state index contributed by atoms with van der Waals surface area (Å²) in [4.78, 5) is 26.3. The summed E-state index contributed by atoms with van der Waals surface area (Å²) in [5.74, 6) is 2.54. The third-order valence-corrected chi connectivity index (χ3v) is 8.48. The van der Waals surface area contributed by atoms with Crippen molar-refractivity contribution in [3.63, 3.8) is 0 Å². The van der Waals surface area contributed by atoms with Crippen molar-refractivity contribution in [2.75, 3.05) is 57.9 Å². The van der Waals surface area contributed by atoms with E-state index in [1.807, 2.05) is 33.8 Å². The second kappa shape index (κ2) is 12.4. The predicted molar refractivity (Wildman–Crippen MR) is 160 cm³/mol. The summed E-state index contributed by atoms with van der Waals surface area (Å²) in [5, 5.41) is 17.7. The monoisotopic (exact) mass is 598 g/mol. The first-order valence-corrected chi connectivity index (χ1v) is 14.8. The van der Waals surface area contributed by atoms with E-state index in [9.17, 15) is 9.90 Å². The van der Waals surface area contributed by atoms with Gasteiger partial charge in [-0.05, 0) is 65.8 Å². The van der Waals surface area contributed by atoms with Crippen LogP contribution in [0.4, 0.5) is 10.6 Å². The van der Waals surface area contributed by atoms with Crippen molar-refractivity contribution in [1.82, 2.24) is 25.3 Å². The van der Waals surface area contributed by atoms with Crippen molar-refractivity contribution in [2.24, 2.45) is 5.41 Å². The lowest BCUT2D eigenvalue weighted by atomic mass is 9.72. The Morgan fingerprint density at radius 2 is 1.95 bits per heavy atom. The number of aliphatic hydroxyl groups is 1. The van der Waals surface area contributed by atoms with Crippen LogP contribution in [0, 0.1) is 26.2 Å². The molecule has 2 aliphatic rings. The van der Waals surface area contributed by atoms with Gasteiger partial charge < -0.3 is 34.2 Å². The molecule has 5 rings (SSSR count). The van der Waals surface area contributed by atoms with Gasteiger partial charge in [0.25, 0.3) is 0 Å². The topological polar surface area (TPSA) is 126 Å². The number of aromatic nitrogens is 3. The molecule has 0 bridgehead atoms. The average molecular weight is 599 g/mol. The molecule has 0 radical (unpaired) electrons. The highest BCUT2D eigenvalue weighted by Gasteiger charge is 2.47. The van der Waals surface area contributed by atoms with Gasteiger partial charge in [0, 0.05) is 49.3 Å². The minimum atomic E-state index is -0.648. The number of aliphatic hydroxyl groups excluding tert-OH is 1. The van der Waals surface area contributed by atoms with Crippen molar-refractivity contribution < 1.29 is 23.9 Å². The van der Waals surface area contributed by atoms with E-state index in [0.29, 0.717) is 54.2 Å². The lowest BCUT2D eigenvalue weighted by molar-refractivity contribution is 0.0549. The van der Waals surface area contributed by atoms with Crippen molar-refractivity contribution >= 4 is 23.5 Å². The number of hydrogen-bond donors (Lipinski definition) is 2. The van der Waals surface area contributed by atoms with Gasteiger partial charge in [0.2, 0.25) is 0 Å². The number of nitrogens with zero attached hydrogens (tertiary/aromatic N) is 5. The average Bonchev–Trinajstić information content (AvgIpc) is 3.29. The zero-order valence-electron chi connectivity index (χ0n) is 24.9. The van der Waals surface area contributed by atoms with Crippen LogP contribution in [0.5, 0.6) is 5.75 Å². The second-order valence-electron chi connectivity index (χ2n) is 11.2. The smallest absolute Gasteiger partial charge is 0.409 e. The largest absolute Gasteiger partial charge is 0.491 e. The Morgan fingerprint density at radius 3 is 2.60 bits per heavy atom. The Bertz CT molecular complexity index is 1410. The van der Waals surface area contributed by atoms with Gasteiger partial charge in [-0.15, -0.1) is 0 Å². The van der Waals surface area contributed by atoms with Crippen LogP contribution in [0.15, 0.2) is 22.7 Å². The van der Waals surface area contributed by atoms with Crippen molar-refractivity contribution in [3.8, 4) is 28.4 Å². The molecule has 2 fully saturated rings. The molecule has 0 saturated carbocycles. The SMILES string of the molecule is CCOC(=O)N1CCC2(CC1)CN(c1nc(-c3cc(OCC(O)CNC)ccc3Cl)nc(-c3c(C)noc3C)c1C)C2. The number of nitrogens with one attached hydrogen (secondary N) is 1. The molecule has 3 aromatic rings. The molecule has 2 saturated heterocycles. The maximum atomic E-state index is 12.2. The predicted octanol–water partition coefficient (Wildman–Crippen LogP) is 4.40. The van der Waals surface area contributed by atoms with Crippen LogP contribution in [0.25, 0.3) is 22.6 Å². The number of amides is 1. The fraction of sp³-hybridized carbons (Fsp3) is 0.533. The summed E-state index contributed by atoms with van der Waals surface area (Å²) in [5.41, 5.74) is 4.03. The molecule has 11 nitrogen and oxygen atoms in total. The summed E-state index contributed by atoms with van der Waals surface area (Å²) in [6.45, 7) is 11.6. The zero-order valence-corrected chi connectivity index (χ0v) is 25.6. The van der Waals surface area contributed by atoms with Gasteiger partial charge in [-0.2, -0.15) is 0 Å². The number of hydrogen-bond acceptors (Lipinski definition) is 10. The maximum Gasteiger partial charge on any atom is 0.409 e. The number of carbonyl (C=O) groups is 1. The highest BCUT2D eigenvalue weighted by Crippen LogP contribution is 2.45. The van der Waals surface area contributed by atoms with Gasteiger partial charge in [-0.1, -0.05) is 16.8 Å². The Hall–Kier alpha value is -3.41. The highest BCUT2D eigenvalue weighted by molar-refractivity contribution is 6.33. The highest BCUT2D eigenvalue weighted by atomic mass is 35.5. The third kappa shape index (κ3) is 6.04. The van der Waals surface area contributed by atoms with Gasteiger partial charge in [-0.25, -0.2) is 14.8 Å². The Balaban J connectivity index is 1.46. The molecule has 1 amide bonds. The van der Waals surface area contributed by atoms with E-state index >= 15 is 0 Å². The van der Waals surface area contributed by atoms with Crippen molar-refractivity contribution in [3.05, 3.63) is 40.2 Å². The second-order valence-corrected chi connectivity index (χ2v) is 11.7. The number of halogens is 1. The Kier molecular flexibility index (Phi) is 8.91. The van der Waals surface area contributed by atoms with E-state index in [1.54, 1.807) is 24.1 Å². The lowest BCUT2D eigenvalue weighted by Gasteiger charge is -2.54. The fourth-order valence-corrected chi connectivity index (χ4v) is 6.06. The number of benzene rings is 1. The molecule has 1 aromatic carbocycles. The summed E-state index contributed by atoms with van der Waals surface area (Å²) in [6.07, 6.45) is 0.954. The number of rotatable bonds is 9. The number of carbonyl (C=O) groups excluding carboxylic acids is 1. The molecule has 1 atom stereocenters. The number of ether oxygens (including phenoxy) is 2. The van der Waals surface area contributed by atoms with E-state index < -0.39 is 6.10 Å². The van der Waals surface area contributed by atoms with E-state index in [4.69, 9.17) is 35.6 Å². The first-order valence-electron chi connectivity index (χ1n) is 14.4. The molecule has 2 N–H and O–H groups in total. The molecule has 2 aromatic heterocycles. The number of aryl methyl sites for hydroxylation is 2. The minimum Gasteiger partial charge on any atom is -0.491 e. The van der Waals surface area contributed by atoms with E-state index in [1.165, 1.54) is 0 Å². The van der Waals surface area contributed by atoms with Crippen LogP contribution in [0.1, 0.15) is 36.8 Å². The molecule has 0 aliphatic carbocycles. The van der Waals surface area contributed by atoms with Crippen LogP contribution in [-0.2, 0) is 4.74 Å². The molecule has 1 unspecified atom stereocenters. The lowest BCUT2D eigenvalue weighted by Crippen LogP contribution is -2.61. The molecule has 4 heterocycles. The molecule has 42 heavy (non-hydrogen) atoms. The number of likely N-dealkylation sites (N-methyl/N-ethyl adjacent to an activating group) is 1. The van der Waals surface area contributed by atoms with Gasteiger partial charge in [0.05, 0.1) is 28.6 Å². The Labute approximate surface area is 251 Å². The third-order valence-electron chi connectivity index (χ3n) is 8.15. The summed E-state index contributed by atoms with van der Waals surface area (Å²) >= 11 is 6.70. The maximum absolute atomic E-state index is 12.2. The molecular formula is C30H39ClN6O5. The summed E-state index contributed by atoms with van der Waals surface area (Å²) in [7, 11) is 1.78. The van der Waals surface area contributed by atoms with Gasteiger partial charge in [-0.3, -0.25) is 0 Å². The first kappa shape index (κ1) is 30.1. The minimum absolute atomic E-state index is 0.128. The van der Waals surface area contributed by atoms with Gasteiger partial charge >= 0.3 is 6.09 Å². The molecule has 12 heteroatoms. The van der Waals surface area contributed by atoms with Crippen LogP contribution < -0.4 is 15.0 Å². The molecule has 226 valence electrons. The normalized spacial score (nSPS) is 16.8. The fourth-order valence-electron chi connectivity index (χ4n) is 5.86. The molecule has 1 spiro atoms. The molecular weight excluding hydrogens is 560 g/mol. The molecule has 2 aliphatic heterocycles. The zero-order chi connectivity index (χ0) is 30.0. The summed E-state index contributed by atoms with van der Waals surface area (Å²) < 4.78 is 16.6. The number of likely N-dealkylation sites (tertiary alicyclic amines) is 1. The number of piperidine rings is 1. The van der Waals surface area contributed by atoms with Gasteiger partial charge in [0.1, 0.15) is 30.0 Å². The quantitative estimate of drug-likeness (QED) is 0.366. The van der Waals surface area contributed by atoms with Crippen molar-refractivity contribution in [1.29, 1.82) is 0 Å². The van der Waals surface area contributed by atoms with E-state index in [0.717, 1.165) is 54.3 Å². The summed E-state index contributed by atoms with van der Waals surface area (Å²) in [6, 6.07) is 5.33. The van der Waals surface area contributed by atoms with Crippen LogP contribution in [0.3, 0.4) is 0 Å². The van der Waals surface area contributed by atoms with Crippen LogP contribution in [-0.4, -0.2) is 90.3 Å².